The van der Waals surface area contributed by atoms with E-state index < -0.39 is 10.0 Å². The van der Waals surface area contributed by atoms with E-state index in [2.05, 4.69) is 5.32 Å². The van der Waals surface area contributed by atoms with Crippen LogP contribution in [0.1, 0.15) is 25.5 Å². The van der Waals surface area contributed by atoms with Crippen LogP contribution in [0.4, 0.5) is 4.39 Å². The Morgan fingerprint density at radius 1 is 1.12 bits per heavy atom. The number of amides is 1. The average Bonchev–Trinajstić information content (AvgIpc) is 2.54. The highest BCUT2D eigenvalue weighted by Gasteiger charge is 2.29. The first kappa shape index (κ1) is 18.8. The maximum absolute atomic E-state index is 13.0. The lowest BCUT2D eigenvalue weighted by atomic mass is 10.1. The number of piperazine rings is 1. The molecule has 1 aliphatic rings. The molecule has 1 heterocycles. The summed E-state index contributed by atoms with van der Waals surface area (Å²) in [6.07, 6.45) is 1.20. The molecule has 0 saturated carbocycles. The Labute approximate surface area is 142 Å². The molecule has 1 amide bonds. The zero-order valence-electron chi connectivity index (χ0n) is 14.2. The molecule has 2 unspecified atom stereocenters. The monoisotopic (exact) mass is 357 g/mol. The summed E-state index contributed by atoms with van der Waals surface area (Å²) in [6.45, 7) is 5.48. The first-order chi connectivity index (χ1) is 11.2. The molecule has 1 N–H and O–H groups in total. The lowest BCUT2D eigenvalue weighted by Crippen LogP contribution is -2.54. The van der Waals surface area contributed by atoms with Crippen molar-refractivity contribution in [1.29, 1.82) is 0 Å². The molecule has 8 heteroatoms. The van der Waals surface area contributed by atoms with E-state index in [1.54, 1.807) is 12.1 Å². The van der Waals surface area contributed by atoms with Gasteiger partial charge in [0, 0.05) is 26.2 Å². The van der Waals surface area contributed by atoms with Gasteiger partial charge in [0.2, 0.25) is 15.9 Å². The predicted octanol–water partition coefficient (Wildman–Crippen LogP) is 0.969. The summed E-state index contributed by atoms with van der Waals surface area (Å²) >= 11 is 0. The Morgan fingerprint density at radius 3 is 2.17 bits per heavy atom. The minimum absolute atomic E-state index is 0.125. The van der Waals surface area contributed by atoms with Gasteiger partial charge in [0.15, 0.2) is 0 Å². The second-order valence-electron chi connectivity index (χ2n) is 6.16. The van der Waals surface area contributed by atoms with Gasteiger partial charge in [-0.15, -0.1) is 0 Å². The quantitative estimate of drug-likeness (QED) is 0.853. The lowest BCUT2D eigenvalue weighted by molar-refractivity contribution is -0.127. The van der Waals surface area contributed by atoms with Crippen LogP contribution in [0.15, 0.2) is 24.3 Å². The Balaban J connectivity index is 1.89. The van der Waals surface area contributed by atoms with Crippen molar-refractivity contribution in [1.82, 2.24) is 14.5 Å². The van der Waals surface area contributed by atoms with Crippen LogP contribution in [-0.4, -0.2) is 62.0 Å². The van der Waals surface area contributed by atoms with Crippen LogP contribution in [0.25, 0.3) is 0 Å². The first-order valence-corrected chi connectivity index (χ1v) is 9.78. The molecule has 0 bridgehead atoms. The topological polar surface area (TPSA) is 69.7 Å². The summed E-state index contributed by atoms with van der Waals surface area (Å²) in [5, 5.41) is 2.92. The van der Waals surface area contributed by atoms with Crippen LogP contribution in [0.3, 0.4) is 0 Å². The van der Waals surface area contributed by atoms with Gasteiger partial charge >= 0.3 is 0 Å². The standard InChI is InChI=1S/C16H24FN3O3S/c1-12(14-4-6-15(17)7-5-14)18-16(21)13(2)19-8-10-20(11-9-19)24(3,22)23/h4-7,12-13H,8-11H2,1-3H3,(H,18,21). The largest absolute Gasteiger partial charge is 0.348 e. The van der Waals surface area contributed by atoms with Crippen LogP contribution in [0.2, 0.25) is 0 Å². The number of carbonyl (C=O) groups excluding carboxylic acids is 1. The third kappa shape index (κ3) is 4.75. The Morgan fingerprint density at radius 2 is 1.67 bits per heavy atom. The van der Waals surface area contributed by atoms with Crippen molar-refractivity contribution in [2.45, 2.75) is 25.9 Å². The number of hydrogen-bond donors (Lipinski definition) is 1. The molecule has 6 nitrogen and oxygen atoms in total. The van der Waals surface area contributed by atoms with Gasteiger partial charge in [-0.05, 0) is 31.5 Å². The number of hydrogen-bond acceptors (Lipinski definition) is 4. The van der Waals surface area contributed by atoms with Crippen molar-refractivity contribution in [2.24, 2.45) is 0 Å². The van der Waals surface area contributed by atoms with E-state index in [0.29, 0.717) is 26.2 Å². The minimum atomic E-state index is -3.18. The van der Waals surface area contributed by atoms with Crippen molar-refractivity contribution < 1.29 is 17.6 Å². The summed E-state index contributed by atoms with van der Waals surface area (Å²) in [7, 11) is -3.18. The molecule has 2 rings (SSSR count). The lowest BCUT2D eigenvalue weighted by Gasteiger charge is -2.36. The van der Waals surface area contributed by atoms with Crippen LogP contribution >= 0.6 is 0 Å². The maximum Gasteiger partial charge on any atom is 0.237 e. The van der Waals surface area contributed by atoms with Crippen LogP contribution in [-0.2, 0) is 14.8 Å². The third-order valence-electron chi connectivity index (χ3n) is 4.40. The molecule has 1 aliphatic heterocycles. The van der Waals surface area contributed by atoms with Crippen LogP contribution < -0.4 is 5.32 Å². The van der Waals surface area contributed by atoms with Gasteiger partial charge in [0.1, 0.15) is 5.82 Å². The molecule has 134 valence electrons. The number of nitrogens with zero attached hydrogens (tertiary/aromatic N) is 2. The first-order valence-electron chi connectivity index (χ1n) is 7.93. The van der Waals surface area contributed by atoms with E-state index in [0.717, 1.165) is 5.56 Å². The third-order valence-corrected chi connectivity index (χ3v) is 5.70. The molecule has 0 spiro atoms. The molecular weight excluding hydrogens is 333 g/mol. The van der Waals surface area contributed by atoms with Gasteiger partial charge in [0.25, 0.3) is 0 Å². The van der Waals surface area contributed by atoms with E-state index in [-0.39, 0.29) is 23.8 Å². The van der Waals surface area contributed by atoms with Gasteiger partial charge in [-0.3, -0.25) is 9.69 Å². The van der Waals surface area contributed by atoms with Gasteiger partial charge in [-0.2, -0.15) is 4.31 Å². The van der Waals surface area contributed by atoms with E-state index in [1.165, 1.54) is 22.7 Å². The number of sulfonamides is 1. The van der Waals surface area contributed by atoms with Crippen molar-refractivity contribution in [3.63, 3.8) is 0 Å². The zero-order valence-corrected chi connectivity index (χ0v) is 15.0. The fourth-order valence-electron chi connectivity index (χ4n) is 2.76. The van der Waals surface area contributed by atoms with Gasteiger partial charge in [-0.25, -0.2) is 12.8 Å². The summed E-state index contributed by atoms with van der Waals surface area (Å²) in [5.74, 6) is -0.436. The van der Waals surface area contributed by atoms with Gasteiger partial charge in [-0.1, -0.05) is 12.1 Å². The maximum atomic E-state index is 13.0. The summed E-state index contributed by atoms with van der Waals surface area (Å²) in [6, 6.07) is 5.45. The molecule has 1 aromatic carbocycles. The SMILES string of the molecule is CC(NC(=O)C(C)N1CCN(S(C)(=O)=O)CC1)c1ccc(F)cc1. The molecule has 24 heavy (non-hydrogen) atoms. The number of nitrogens with one attached hydrogen (secondary N) is 1. The van der Waals surface area contributed by atoms with E-state index in [1.807, 2.05) is 18.7 Å². The van der Waals surface area contributed by atoms with Gasteiger partial charge < -0.3 is 5.32 Å². The zero-order chi connectivity index (χ0) is 17.9. The molecule has 0 aliphatic carbocycles. The van der Waals surface area contributed by atoms with Crippen molar-refractivity contribution in [3.05, 3.63) is 35.6 Å². The highest BCUT2D eigenvalue weighted by Crippen LogP contribution is 2.14. The van der Waals surface area contributed by atoms with Crippen molar-refractivity contribution in [2.75, 3.05) is 32.4 Å². The Bertz CT molecular complexity index is 670. The molecular formula is C16H24FN3O3S. The second kappa shape index (κ2) is 7.58. The smallest absolute Gasteiger partial charge is 0.237 e. The average molecular weight is 357 g/mol. The molecule has 0 radical (unpaired) electrons. The Kier molecular flexibility index (Phi) is 5.95. The normalized spacial score (nSPS) is 19.7. The number of benzene rings is 1. The van der Waals surface area contributed by atoms with Crippen molar-refractivity contribution >= 4 is 15.9 Å². The van der Waals surface area contributed by atoms with E-state index in [9.17, 15) is 17.6 Å². The number of rotatable bonds is 5. The summed E-state index contributed by atoms with van der Waals surface area (Å²) in [4.78, 5) is 14.4. The highest BCUT2D eigenvalue weighted by molar-refractivity contribution is 7.88. The van der Waals surface area contributed by atoms with E-state index in [4.69, 9.17) is 0 Å². The summed E-state index contributed by atoms with van der Waals surface area (Å²) in [5.41, 5.74) is 0.832. The van der Waals surface area contributed by atoms with Crippen LogP contribution in [0, 0.1) is 5.82 Å². The highest BCUT2D eigenvalue weighted by atomic mass is 32.2. The Hall–Kier alpha value is -1.51. The fourth-order valence-corrected chi connectivity index (χ4v) is 3.58. The van der Waals surface area contributed by atoms with E-state index >= 15 is 0 Å². The molecule has 0 aromatic heterocycles. The van der Waals surface area contributed by atoms with Gasteiger partial charge in [0.05, 0.1) is 18.3 Å². The second-order valence-corrected chi connectivity index (χ2v) is 8.14. The number of carbonyl (C=O) groups is 1. The molecule has 1 fully saturated rings. The summed E-state index contributed by atoms with van der Waals surface area (Å²) < 4.78 is 37.4. The van der Waals surface area contributed by atoms with Crippen LogP contribution in [0.5, 0.6) is 0 Å². The molecule has 1 saturated heterocycles. The molecule has 2 atom stereocenters. The fraction of sp³-hybridized carbons (Fsp3) is 0.562. The minimum Gasteiger partial charge on any atom is -0.348 e. The van der Waals surface area contributed by atoms with Crippen molar-refractivity contribution in [3.8, 4) is 0 Å². The predicted molar refractivity (Wildman–Crippen MR) is 90.4 cm³/mol. The number of halogens is 1. The molecule has 1 aromatic rings.